The number of piperidine rings is 1. The first-order valence-corrected chi connectivity index (χ1v) is 9.26. The van der Waals surface area contributed by atoms with Gasteiger partial charge >= 0.3 is 0 Å². The minimum absolute atomic E-state index is 0.0379. The van der Waals surface area contributed by atoms with Gasteiger partial charge in [0.15, 0.2) is 0 Å². The zero-order valence-corrected chi connectivity index (χ0v) is 14.0. The van der Waals surface area contributed by atoms with Gasteiger partial charge in [-0.05, 0) is 48.4 Å². The van der Waals surface area contributed by atoms with E-state index in [-0.39, 0.29) is 11.5 Å². The van der Waals surface area contributed by atoms with E-state index in [4.69, 9.17) is 10.5 Å². The second-order valence-corrected chi connectivity index (χ2v) is 8.88. The van der Waals surface area contributed by atoms with Crippen LogP contribution in [0.25, 0.3) is 0 Å². The molecule has 0 bridgehead atoms. The minimum atomic E-state index is -3.47. The van der Waals surface area contributed by atoms with Crippen molar-refractivity contribution in [2.24, 2.45) is 11.1 Å². The first-order valence-electron chi connectivity index (χ1n) is 7.82. The molecule has 0 amide bonds. The van der Waals surface area contributed by atoms with E-state index in [2.05, 4.69) is 0 Å². The Hall–Kier alpha value is -1.11. The summed E-state index contributed by atoms with van der Waals surface area (Å²) < 4.78 is 33.0. The number of nitrogens with two attached hydrogens (primary N) is 1. The van der Waals surface area contributed by atoms with Crippen molar-refractivity contribution in [3.05, 3.63) is 23.8 Å². The minimum Gasteiger partial charge on any atom is -0.493 e. The molecule has 22 heavy (non-hydrogen) atoms. The van der Waals surface area contributed by atoms with Gasteiger partial charge in [0, 0.05) is 19.1 Å². The van der Waals surface area contributed by atoms with Crippen LogP contribution >= 0.6 is 0 Å². The molecule has 3 rings (SSSR count). The van der Waals surface area contributed by atoms with E-state index in [1.54, 1.807) is 22.5 Å². The summed E-state index contributed by atoms with van der Waals surface area (Å²) >= 11 is 0. The van der Waals surface area contributed by atoms with Crippen molar-refractivity contribution in [1.29, 1.82) is 0 Å². The van der Waals surface area contributed by atoms with Gasteiger partial charge in [0.25, 0.3) is 0 Å². The van der Waals surface area contributed by atoms with Crippen LogP contribution in [0.1, 0.15) is 32.3 Å². The highest BCUT2D eigenvalue weighted by atomic mass is 32.2. The van der Waals surface area contributed by atoms with Crippen molar-refractivity contribution < 1.29 is 13.2 Å². The molecular formula is C16H24N2O3S. The second kappa shape index (κ2) is 5.51. The molecule has 1 aromatic rings. The molecule has 2 aliphatic heterocycles. The lowest BCUT2D eigenvalue weighted by Crippen LogP contribution is -2.53. The Labute approximate surface area is 132 Å². The lowest BCUT2D eigenvalue weighted by molar-refractivity contribution is 0.155. The first-order chi connectivity index (χ1) is 10.3. The van der Waals surface area contributed by atoms with Gasteiger partial charge < -0.3 is 10.5 Å². The summed E-state index contributed by atoms with van der Waals surface area (Å²) in [5, 5.41) is 0. The third kappa shape index (κ3) is 2.75. The van der Waals surface area contributed by atoms with E-state index in [1.165, 1.54) is 0 Å². The third-order valence-corrected chi connectivity index (χ3v) is 6.64. The smallest absolute Gasteiger partial charge is 0.243 e. The highest BCUT2D eigenvalue weighted by Gasteiger charge is 2.39. The molecule has 0 aromatic heterocycles. The largest absolute Gasteiger partial charge is 0.493 e. The van der Waals surface area contributed by atoms with E-state index in [0.717, 1.165) is 24.2 Å². The molecule has 2 aliphatic rings. The van der Waals surface area contributed by atoms with Gasteiger partial charge in [-0.15, -0.1) is 0 Å². The van der Waals surface area contributed by atoms with Crippen LogP contribution in [0.3, 0.4) is 0 Å². The maximum absolute atomic E-state index is 12.9. The molecule has 1 aromatic carbocycles. The molecule has 1 unspecified atom stereocenters. The number of sulfonamides is 1. The fourth-order valence-corrected chi connectivity index (χ4v) is 4.85. The van der Waals surface area contributed by atoms with Crippen LogP contribution in [-0.2, 0) is 16.4 Å². The van der Waals surface area contributed by atoms with Gasteiger partial charge in [0.05, 0.1) is 11.5 Å². The summed E-state index contributed by atoms with van der Waals surface area (Å²) in [7, 11) is -3.47. The van der Waals surface area contributed by atoms with Crippen LogP contribution in [0.5, 0.6) is 5.75 Å². The molecule has 1 fully saturated rings. The van der Waals surface area contributed by atoms with Crippen LogP contribution in [0.15, 0.2) is 23.1 Å². The Bertz CT molecular complexity index is 670. The van der Waals surface area contributed by atoms with Crippen molar-refractivity contribution in [2.75, 3.05) is 19.7 Å². The van der Waals surface area contributed by atoms with Gasteiger partial charge in [-0.3, -0.25) is 0 Å². The number of benzene rings is 1. The van der Waals surface area contributed by atoms with Crippen molar-refractivity contribution >= 4 is 10.0 Å². The van der Waals surface area contributed by atoms with Gasteiger partial charge in [0.2, 0.25) is 10.0 Å². The Kier molecular flexibility index (Phi) is 3.95. The Morgan fingerprint density at radius 2 is 2.14 bits per heavy atom. The van der Waals surface area contributed by atoms with Gasteiger partial charge in [-0.25, -0.2) is 8.42 Å². The fraction of sp³-hybridized carbons (Fsp3) is 0.625. The van der Waals surface area contributed by atoms with E-state index >= 15 is 0 Å². The standard InChI is InChI=1S/C16H24N2O3S/c1-16(2)11-18(8-7-15(16)17)22(19,20)13-5-6-14-12(10-13)4-3-9-21-14/h5-6,10,15H,3-4,7-9,11,17H2,1-2H3. The van der Waals surface area contributed by atoms with Crippen molar-refractivity contribution in [1.82, 2.24) is 4.31 Å². The predicted molar refractivity (Wildman–Crippen MR) is 85.4 cm³/mol. The summed E-state index contributed by atoms with van der Waals surface area (Å²) in [5.41, 5.74) is 6.89. The summed E-state index contributed by atoms with van der Waals surface area (Å²) in [5.74, 6) is 0.811. The number of aryl methyl sites for hydroxylation is 1. The summed E-state index contributed by atoms with van der Waals surface area (Å²) in [6, 6.07) is 5.24. The topological polar surface area (TPSA) is 72.6 Å². The van der Waals surface area contributed by atoms with Crippen LogP contribution in [0, 0.1) is 5.41 Å². The number of rotatable bonds is 2. The van der Waals surface area contributed by atoms with E-state index in [9.17, 15) is 8.42 Å². The lowest BCUT2D eigenvalue weighted by atomic mass is 9.81. The average molecular weight is 324 g/mol. The Morgan fingerprint density at radius 3 is 2.86 bits per heavy atom. The Morgan fingerprint density at radius 1 is 1.36 bits per heavy atom. The molecule has 122 valence electrons. The summed E-state index contributed by atoms with van der Waals surface area (Å²) in [4.78, 5) is 0.364. The predicted octanol–water partition coefficient (Wildman–Crippen LogP) is 1.76. The normalized spacial score (nSPS) is 25.3. The van der Waals surface area contributed by atoms with Gasteiger partial charge in [-0.2, -0.15) is 4.31 Å². The highest BCUT2D eigenvalue weighted by Crippen LogP contribution is 2.33. The molecule has 0 spiro atoms. The Balaban J connectivity index is 1.90. The molecule has 2 heterocycles. The number of hydrogen-bond donors (Lipinski definition) is 1. The number of fused-ring (bicyclic) bond motifs is 1. The molecular weight excluding hydrogens is 300 g/mol. The summed E-state index contributed by atoms with van der Waals surface area (Å²) in [6.07, 6.45) is 2.50. The van der Waals surface area contributed by atoms with Crippen molar-refractivity contribution in [3.8, 4) is 5.75 Å². The lowest BCUT2D eigenvalue weighted by Gasteiger charge is -2.41. The van der Waals surface area contributed by atoms with Crippen molar-refractivity contribution in [2.45, 2.75) is 44.0 Å². The molecule has 2 N–H and O–H groups in total. The number of ether oxygens (including phenoxy) is 1. The van der Waals surface area contributed by atoms with Crippen LogP contribution < -0.4 is 10.5 Å². The van der Waals surface area contributed by atoms with E-state index < -0.39 is 10.0 Å². The van der Waals surface area contributed by atoms with Crippen LogP contribution in [0.4, 0.5) is 0 Å². The average Bonchev–Trinajstić information content (AvgIpc) is 2.49. The number of nitrogens with zero attached hydrogens (tertiary/aromatic N) is 1. The number of hydrogen-bond acceptors (Lipinski definition) is 4. The van der Waals surface area contributed by atoms with E-state index in [1.807, 2.05) is 13.8 Å². The third-order valence-electron chi connectivity index (χ3n) is 4.79. The summed E-state index contributed by atoms with van der Waals surface area (Å²) in [6.45, 7) is 5.71. The maximum Gasteiger partial charge on any atom is 0.243 e. The molecule has 0 radical (unpaired) electrons. The first kappa shape index (κ1) is 15.8. The molecule has 1 atom stereocenters. The van der Waals surface area contributed by atoms with Crippen molar-refractivity contribution in [3.63, 3.8) is 0 Å². The molecule has 0 saturated carbocycles. The maximum atomic E-state index is 12.9. The van der Waals surface area contributed by atoms with Gasteiger partial charge in [0.1, 0.15) is 5.75 Å². The highest BCUT2D eigenvalue weighted by molar-refractivity contribution is 7.89. The molecule has 1 saturated heterocycles. The monoisotopic (exact) mass is 324 g/mol. The SMILES string of the molecule is CC1(C)CN(S(=O)(=O)c2ccc3c(c2)CCCO3)CCC1N. The molecule has 6 heteroatoms. The van der Waals surface area contributed by atoms with Crippen LogP contribution in [-0.4, -0.2) is 38.5 Å². The fourth-order valence-electron chi connectivity index (χ4n) is 3.18. The molecule has 0 aliphatic carbocycles. The second-order valence-electron chi connectivity index (χ2n) is 6.94. The molecule has 5 nitrogen and oxygen atoms in total. The van der Waals surface area contributed by atoms with E-state index in [0.29, 0.717) is 31.0 Å². The zero-order valence-electron chi connectivity index (χ0n) is 13.2. The van der Waals surface area contributed by atoms with Gasteiger partial charge in [-0.1, -0.05) is 13.8 Å². The quantitative estimate of drug-likeness (QED) is 0.900. The zero-order chi connectivity index (χ0) is 16.0. The van der Waals surface area contributed by atoms with Crippen LogP contribution in [0.2, 0.25) is 0 Å².